The minimum atomic E-state index is 0.189. The number of hydrogen-bond acceptors (Lipinski definition) is 5. The molecule has 0 bridgehead atoms. The summed E-state index contributed by atoms with van der Waals surface area (Å²) in [5, 5.41) is 4.29. The van der Waals surface area contributed by atoms with Gasteiger partial charge in [0.05, 0.1) is 6.10 Å². The van der Waals surface area contributed by atoms with Gasteiger partial charge in [-0.2, -0.15) is 4.52 Å². The molecule has 6 heteroatoms. The van der Waals surface area contributed by atoms with Crippen molar-refractivity contribution in [2.45, 2.75) is 40.2 Å². The van der Waals surface area contributed by atoms with Gasteiger partial charge in [-0.1, -0.05) is 13.8 Å². The van der Waals surface area contributed by atoms with E-state index in [9.17, 15) is 0 Å². The summed E-state index contributed by atoms with van der Waals surface area (Å²) in [7, 11) is 0. The number of fused-ring (bicyclic) bond motifs is 1. The number of anilines is 1. The first-order valence-electron chi connectivity index (χ1n) is 6.50. The van der Waals surface area contributed by atoms with E-state index >= 15 is 0 Å². The third-order valence-electron chi connectivity index (χ3n) is 2.66. The van der Waals surface area contributed by atoms with E-state index in [1.807, 2.05) is 39.8 Å². The smallest absolute Gasteiger partial charge is 0.223 e. The maximum Gasteiger partial charge on any atom is 0.223 e. The Labute approximate surface area is 112 Å². The molecule has 19 heavy (non-hydrogen) atoms. The second-order valence-corrected chi connectivity index (χ2v) is 4.19. The van der Waals surface area contributed by atoms with E-state index in [1.54, 1.807) is 0 Å². The number of aromatic nitrogens is 4. The van der Waals surface area contributed by atoms with Crippen LogP contribution in [0.1, 0.15) is 38.7 Å². The monoisotopic (exact) mass is 261 g/mol. The topological polar surface area (TPSA) is 78.3 Å². The average Bonchev–Trinajstić information content (AvgIpc) is 2.97. The molecule has 0 aromatic carbocycles. The van der Waals surface area contributed by atoms with Gasteiger partial charge < -0.3 is 10.5 Å². The highest BCUT2D eigenvalue weighted by molar-refractivity contribution is 5.58. The quantitative estimate of drug-likeness (QED) is 0.851. The number of hydrogen-bond donors (Lipinski definition) is 1. The minimum Gasteiger partial charge on any atom is -0.487 e. The van der Waals surface area contributed by atoms with Crippen LogP contribution in [0.5, 0.6) is 0 Å². The highest BCUT2D eigenvalue weighted by atomic mass is 16.5. The van der Waals surface area contributed by atoms with Crippen LogP contribution in [0.15, 0.2) is 12.1 Å². The van der Waals surface area contributed by atoms with E-state index < -0.39 is 0 Å². The van der Waals surface area contributed by atoms with Crippen molar-refractivity contribution in [1.29, 1.82) is 0 Å². The van der Waals surface area contributed by atoms with Crippen LogP contribution in [-0.4, -0.2) is 25.7 Å². The maximum atomic E-state index is 5.79. The Bertz CT molecular complexity index is 617. The van der Waals surface area contributed by atoms with Crippen molar-refractivity contribution in [1.82, 2.24) is 19.6 Å². The second kappa shape index (κ2) is 5.26. The van der Waals surface area contributed by atoms with E-state index in [2.05, 4.69) is 15.1 Å². The van der Waals surface area contributed by atoms with Crippen LogP contribution in [0.4, 0.5) is 5.95 Å². The third kappa shape index (κ3) is 2.52. The predicted molar refractivity (Wildman–Crippen MR) is 74.4 cm³/mol. The van der Waals surface area contributed by atoms with Crippen LogP contribution in [-0.2, 0) is 4.74 Å². The number of rotatable bonds is 1. The predicted octanol–water partition coefficient (Wildman–Crippen LogP) is 2.19. The maximum absolute atomic E-state index is 5.79. The van der Waals surface area contributed by atoms with Crippen molar-refractivity contribution in [3.05, 3.63) is 23.7 Å². The Morgan fingerprint density at radius 1 is 1.37 bits per heavy atom. The number of nitrogens with two attached hydrogens (primary N) is 1. The van der Waals surface area contributed by atoms with Crippen LogP contribution < -0.4 is 5.73 Å². The van der Waals surface area contributed by atoms with Crippen LogP contribution in [0.2, 0.25) is 0 Å². The molecule has 0 unspecified atom stereocenters. The Morgan fingerprint density at radius 3 is 2.74 bits per heavy atom. The van der Waals surface area contributed by atoms with Crippen molar-refractivity contribution in [2.75, 3.05) is 5.73 Å². The van der Waals surface area contributed by atoms with Crippen molar-refractivity contribution >= 4 is 17.4 Å². The molecule has 2 aromatic rings. The lowest BCUT2D eigenvalue weighted by Crippen LogP contribution is -2.03. The minimum absolute atomic E-state index is 0.189. The summed E-state index contributed by atoms with van der Waals surface area (Å²) in [6.07, 6.45) is 3.07. The average molecular weight is 261 g/mol. The van der Waals surface area contributed by atoms with Crippen LogP contribution >= 0.6 is 0 Å². The molecule has 6 nitrogen and oxygen atoms in total. The van der Waals surface area contributed by atoms with E-state index in [1.165, 1.54) is 4.52 Å². The van der Waals surface area contributed by atoms with Crippen molar-refractivity contribution in [3.8, 4) is 0 Å². The van der Waals surface area contributed by atoms with Gasteiger partial charge in [-0.15, -0.1) is 5.10 Å². The summed E-state index contributed by atoms with van der Waals surface area (Å²) in [5.41, 5.74) is 7.30. The fourth-order valence-electron chi connectivity index (χ4n) is 1.87. The van der Waals surface area contributed by atoms with Gasteiger partial charge in [-0.3, -0.25) is 0 Å². The van der Waals surface area contributed by atoms with Crippen LogP contribution in [0, 0.1) is 6.92 Å². The van der Waals surface area contributed by atoms with Crippen molar-refractivity contribution in [3.63, 3.8) is 0 Å². The van der Waals surface area contributed by atoms with Crippen LogP contribution in [0.25, 0.3) is 11.4 Å². The van der Waals surface area contributed by atoms with E-state index in [4.69, 9.17) is 10.5 Å². The Hall–Kier alpha value is -2.11. The molecule has 102 valence electrons. The highest BCUT2D eigenvalue weighted by Gasteiger charge is 2.19. The molecule has 3 rings (SSSR count). The molecule has 0 amide bonds. The van der Waals surface area contributed by atoms with Gasteiger partial charge in [-0.25, -0.2) is 9.97 Å². The van der Waals surface area contributed by atoms with Crippen molar-refractivity contribution < 1.29 is 4.74 Å². The Balaban J connectivity index is 0.000000637. The lowest BCUT2D eigenvalue weighted by Gasteiger charge is -2.03. The first-order chi connectivity index (χ1) is 9.13. The molecule has 1 atom stereocenters. The molecule has 0 saturated heterocycles. The third-order valence-corrected chi connectivity index (χ3v) is 2.66. The molecule has 0 radical (unpaired) electrons. The van der Waals surface area contributed by atoms with E-state index in [0.717, 1.165) is 17.9 Å². The number of aryl methyl sites for hydroxylation is 1. The summed E-state index contributed by atoms with van der Waals surface area (Å²) in [4.78, 5) is 8.52. The summed E-state index contributed by atoms with van der Waals surface area (Å²) >= 11 is 0. The van der Waals surface area contributed by atoms with Gasteiger partial charge in [0.1, 0.15) is 0 Å². The zero-order valence-corrected chi connectivity index (χ0v) is 11.7. The molecule has 3 heterocycles. The molecule has 2 N–H and O–H groups in total. The van der Waals surface area contributed by atoms with Gasteiger partial charge in [-0.05, 0) is 19.9 Å². The summed E-state index contributed by atoms with van der Waals surface area (Å²) < 4.78 is 7.13. The summed E-state index contributed by atoms with van der Waals surface area (Å²) in [5.74, 6) is 1.62. The first kappa shape index (κ1) is 13.3. The summed E-state index contributed by atoms with van der Waals surface area (Å²) in [6, 6.07) is 1.84. The zero-order valence-electron chi connectivity index (χ0n) is 11.7. The van der Waals surface area contributed by atoms with E-state index in [0.29, 0.717) is 17.4 Å². The van der Waals surface area contributed by atoms with Crippen molar-refractivity contribution in [2.24, 2.45) is 0 Å². The molecule has 0 saturated carbocycles. The first-order valence-corrected chi connectivity index (χ1v) is 6.50. The fraction of sp³-hybridized carbons (Fsp3) is 0.462. The second-order valence-electron chi connectivity index (χ2n) is 4.19. The lowest BCUT2D eigenvalue weighted by molar-refractivity contribution is 0.209. The molecule has 2 aromatic heterocycles. The van der Waals surface area contributed by atoms with Gasteiger partial charge in [0.25, 0.3) is 0 Å². The van der Waals surface area contributed by atoms with E-state index in [-0.39, 0.29) is 6.10 Å². The number of ether oxygens (including phenoxy) is 1. The lowest BCUT2D eigenvalue weighted by atomic mass is 10.3. The molecule has 1 aliphatic heterocycles. The standard InChI is InChI=1S/C11H13N5O.C2H6/c1-6-5-9-14-10(8-4-3-7(2)17-8)15-16(9)11(12)13-6;1-2/h4-5,7H,3H2,1-2H3,(H2,12,13);1-2H3/t7-;/m0./s1. The zero-order chi connectivity index (χ0) is 14.0. The highest BCUT2D eigenvalue weighted by Crippen LogP contribution is 2.24. The fourth-order valence-corrected chi connectivity index (χ4v) is 1.87. The van der Waals surface area contributed by atoms with Gasteiger partial charge in [0.2, 0.25) is 11.8 Å². The molecule has 1 aliphatic rings. The van der Waals surface area contributed by atoms with Crippen LogP contribution in [0.3, 0.4) is 0 Å². The number of nitrogen functional groups attached to an aromatic ring is 1. The largest absolute Gasteiger partial charge is 0.487 e. The molecule has 0 spiro atoms. The number of nitrogens with zero attached hydrogens (tertiary/aromatic N) is 4. The molecular formula is C13H19N5O. The Morgan fingerprint density at radius 2 is 2.11 bits per heavy atom. The summed E-state index contributed by atoms with van der Waals surface area (Å²) in [6.45, 7) is 7.89. The SMILES string of the molecule is CC.Cc1cc2nc(C3=CC[C@H](C)O3)nn2c(N)n1. The molecular weight excluding hydrogens is 242 g/mol. The molecule has 0 aliphatic carbocycles. The van der Waals surface area contributed by atoms with Gasteiger partial charge in [0, 0.05) is 18.2 Å². The van der Waals surface area contributed by atoms with Gasteiger partial charge in [0.15, 0.2) is 11.4 Å². The normalized spacial score (nSPS) is 17.7. The molecule has 0 fully saturated rings. The van der Waals surface area contributed by atoms with Gasteiger partial charge >= 0.3 is 0 Å². The Kier molecular flexibility index (Phi) is 3.69.